The van der Waals surface area contributed by atoms with Crippen molar-refractivity contribution in [3.8, 4) is 11.3 Å². The Morgan fingerprint density at radius 3 is 2.38 bits per heavy atom. The molecule has 42 heavy (non-hydrogen) atoms. The van der Waals surface area contributed by atoms with Crippen molar-refractivity contribution in [2.24, 2.45) is 0 Å². The van der Waals surface area contributed by atoms with Gasteiger partial charge in [0.2, 0.25) is 5.95 Å². The molecule has 2 aliphatic rings. The predicted octanol–water partition coefficient (Wildman–Crippen LogP) is 7.11. The monoisotopic (exact) mass is 623 g/mol. The van der Waals surface area contributed by atoms with Gasteiger partial charge in [-0.2, -0.15) is 0 Å². The van der Waals surface area contributed by atoms with E-state index >= 15 is 0 Å². The van der Waals surface area contributed by atoms with Crippen molar-refractivity contribution < 1.29 is 4.74 Å². The number of aromatic nitrogens is 2. The maximum absolute atomic E-state index is 6.37. The van der Waals surface area contributed by atoms with Gasteiger partial charge in [-0.1, -0.05) is 65.7 Å². The lowest BCUT2D eigenvalue weighted by Gasteiger charge is -2.34. The van der Waals surface area contributed by atoms with Crippen LogP contribution < -0.4 is 5.32 Å². The van der Waals surface area contributed by atoms with Crippen molar-refractivity contribution in [3.63, 3.8) is 0 Å². The maximum atomic E-state index is 6.37. The first kappa shape index (κ1) is 30.7. The second kappa shape index (κ2) is 14.2. The highest BCUT2D eigenvalue weighted by Gasteiger charge is 2.28. The van der Waals surface area contributed by atoms with E-state index in [1.807, 2.05) is 18.3 Å². The van der Waals surface area contributed by atoms with E-state index in [4.69, 9.17) is 32.9 Å². The number of halogens is 3. The summed E-state index contributed by atoms with van der Waals surface area (Å²) in [7, 11) is 1.77. The Hall–Kier alpha value is -2.71. The summed E-state index contributed by atoms with van der Waals surface area (Å²) < 4.78 is 5.21. The lowest BCUT2D eigenvalue weighted by atomic mass is 9.78. The fourth-order valence-electron chi connectivity index (χ4n) is 5.85. The number of hydrogen-bond donors (Lipinski definition) is 1. The Morgan fingerprint density at radius 2 is 1.64 bits per heavy atom. The normalized spacial score (nSPS) is 16.8. The van der Waals surface area contributed by atoms with Gasteiger partial charge in [0.1, 0.15) is 0 Å². The van der Waals surface area contributed by atoms with Crippen molar-refractivity contribution in [1.29, 1.82) is 0 Å². The number of ether oxygens (including phenoxy) is 1. The number of rotatable bonds is 9. The molecule has 220 valence electrons. The molecular formula is C33H36Cl3N5O. The average molecular weight is 625 g/mol. The van der Waals surface area contributed by atoms with Crippen LogP contribution in [0.2, 0.25) is 10.0 Å². The maximum Gasteiger partial charge on any atom is 0.227 e. The average Bonchev–Trinajstić information content (AvgIpc) is 3.01. The van der Waals surface area contributed by atoms with Gasteiger partial charge in [0, 0.05) is 69.7 Å². The number of anilines is 2. The van der Waals surface area contributed by atoms with Gasteiger partial charge in [0.25, 0.3) is 0 Å². The van der Waals surface area contributed by atoms with Crippen molar-refractivity contribution in [1.82, 2.24) is 19.8 Å². The lowest BCUT2D eigenvalue weighted by molar-refractivity contribution is 0.0976. The van der Waals surface area contributed by atoms with Crippen LogP contribution >= 0.6 is 35.6 Å². The Kier molecular flexibility index (Phi) is 10.4. The van der Waals surface area contributed by atoms with E-state index in [1.165, 1.54) is 11.1 Å². The van der Waals surface area contributed by atoms with Crippen LogP contribution in [0.1, 0.15) is 28.2 Å². The molecule has 0 bridgehead atoms. The van der Waals surface area contributed by atoms with Gasteiger partial charge >= 0.3 is 0 Å². The molecule has 1 aliphatic carbocycles. The Labute approximate surface area is 264 Å². The third kappa shape index (κ3) is 7.08. The van der Waals surface area contributed by atoms with E-state index in [0.29, 0.717) is 16.0 Å². The molecule has 0 radical (unpaired) electrons. The second-order valence-corrected chi connectivity index (χ2v) is 11.6. The molecule has 1 fully saturated rings. The fraction of sp³-hybridized carbons (Fsp3) is 0.333. The quantitative estimate of drug-likeness (QED) is 0.214. The van der Waals surface area contributed by atoms with E-state index in [-0.39, 0.29) is 18.3 Å². The molecule has 0 spiro atoms. The van der Waals surface area contributed by atoms with Gasteiger partial charge in [-0.25, -0.2) is 9.97 Å². The molecule has 9 heteroatoms. The molecule has 1 saturated heterocycles. The van der Waals surface area contributed by atoms with Gasteiger partial charge in [0.05, 0.1) is 22.3 Å². The predicted molar refractivity (Wildman–Crippen MR) is 175 cm³/mol. The van der Waals surface area contributed by atoms with Crippen LogP contribution in [0.15, 0.2) is 72.9 Å². The van der Waals surface area contributed by atoms with E-state index in [1.54, 1.807) is 7.11 Å². The minimum absolute atomic E-state index is 0. The summed E-state index contributed by atoms with van der Waals surface area (Å²) in [6.45, 7) is 7.40. The molecule has 0 amide bonds. The molecule has 6 nitrogen and oxygen atoms in total. The van der Waals surface area contributed by atoms with Crippen LogP contribution in [-0.2, 0) is 17.6 Å². The summed E-state index contributed by atoms with van der Waals surface area (Å²) in [5.41, 5.74) is 7.94. The molecule has 6 rings (SSSR count). The summed E-state index contributed by atoms with van der Waals surface area (Å²) in [5.74, 6) is 0.772. The first-order valence-corrected chi connectivity index (χ1v) is 15.0. The highest BCUT2D eigenvalue weighted by Crippen LogP contribution is 2.43. The Bertz CT molecular complexity index is 1490. The molecule has 1 aliphatic heterocycles. The van der Waals surface area contributed by atoms with E-state index in [0.717, 1.165) is 86.8 Å². The van der Waals surface area contributed by atoms with E-state index in [9.17, 15) is 0 Å². The highest BCUT2D eigenvalue weighted by molar-refractivity contribution is 6.42. The van der Waals surface area contributed by atoms with Gasteiger partial charge in [0.15, 0.2) is 0 Å². The Balaban J connectivity index is 0.00000353. The number of benzene rings is 3. The van der Waals surface area contributed by atoms with Crippen LogP contribution in [0.25, 0.3) is 11.3 Å². The van der Waals surface area contributed by atoms with Gasteiger partial charge < -0.3 is 15.0 Å². The summed E-state index contributed by atoms with van der Waals surface area (Å²) in [6.07, 6.45) is 3.81. The minimum Gasteiger partial charge on any atom is -0.383 e. The van der Waals surface area contributed by atoms with E-state index in [2.05, 4.69) is 74.7 Å². The summed E-state index contributed by atoms with van der Waals surface area (Å²) in [6, 6.07) is 23.0. The topological polar surface area (TPSA) is 53.5 Å². The summed E-state index contributed by atoms with van der Waals surface area (Å²) >= 11 is 12.6. The van der Waals surface area contributed by atoms with Gasteiger partial charge in [-0.3, -0.25) is 4.90 Å². The van der Waals surface area contributed by atoms with Crippen molar-refractivity contribution >= 4 is 47.2 Å². The zero-order valence-corrected chi connectivity index (χ0v) is 26.1. The number of methoxy groups -OCH3 is 1. The van der Waals surface area contributed by atoms with Crippen molar-refractivity contribution in [2.45, 2.75) is 18.8 Å². The smallest absolute Gasteiger partial charge is 0.227 e. The van der Waals surface area contributed by atoms with Crippen LogP contribution in [0.4, 0.5) is 11.6 Å². The zero-order chi connectivity index (χ0) is 28.2. The molecular weight excluding hydrogens is 589 g/mol. The lowest BCUT2D eigenvalue weighted by Crippen LogP contribution is -2.47. The van der Waals surface area contributed by atoms with Crippen LogP contribution in [0.3, 0.4) is 0 Å². The third-order valence-electron chi connectivity index (χ3n) is 8.23. The minimum atomic E-state index is 0. The van der Waals surface area contributed by atoms with Crippen LogP contribution in [0, 0.1) is 0 Å². The third-order valence-corrected chi connectivity index (χ3v) is 8.97. The largest absolute Gasteiger partial charge is 0.383 e. The van der Waals surface area contributed by atoms with E-state index < -0.39 is 0 Å². The molecule has 0 unspecified atom stereocenters. The fourth-order valence-corrected chi connectivity index (χ4v) is 6.16. The first-order chi connectivity index (χ1) is 20.1. The number of piperazine rings is 1. The molecule has 1 atom stereocenters. The van der Waals surface area contributed by atoms with Gasteiger partial charge in [-0.15, -0.1) is 12.4 Å². The molecule has 3 aromatic carbocycles. The molecule has 1 aromatic heterocycles. The first-order valence-electron chi connectivity index (χ1n) is 14.3. The van der Waals surface area contributed by atoms with Crippen molar-refractivity contribution in [3.05, 3.63) is 105 Å². The number of nitrogens with zero attached hydrogens (tertiary/aromatic N) is 4. The summed E-state index contributed by atoms with van der Waals surface area (Å²) in [5, 5.41) is 4.56. The van der Waals surface area contributed by atoms with Gasteiger partial charge in [-0.05, 0) is 59.4 Å². The zero-order valence-electron chi connectivity index (χ0n) is 23.7. The van der Waals surface area contributed by atoms with Crippen molar-refractivity contribution in [2.75, 3.05) is 58.3 Å². The number of fused-ring (bicyclic) bond motifs is 3. The van der Waals surface area contributed by atoms with Crippen LogP contribution in [0.5, 0.6) is 0 Å². The highest BCUT2D eigenvalue weighted by atomic mass is 35.5. The SMILES string of the molecule is COCCN1CCN(CCc2ccc(Nc3ncc4c(n3)-c3ccccc3[C@H](c3ccc(Cl)c(Cl)c3)C4)cc2)CC1.Cl. The second-order valence-electron chi connectivity index (χ2n) is 10.8. The molecule has 1 N–H and O–H groups in total. The number of nitrogens with one attached hydrogen (secondary N) is 1. The molecule has 4 aromatic rings. The molecule has 2 heterocycles. The summed E-state index contributed by atoms with van der Waals surface area (Å²) in [4.78, 5) is 14.7. The number of hydrogen-bond acceptors (Lipinski definition) is 6. The van der Waals surface area contributed by atoms with Crippen LogP contribution in [-0.4, -0.2) is 72.8 Å². The molecule has 0 saturated carbocycles. The standard InChI is InChI=1S/C33H35Cl2N5O.ClH/c1-41-19-18-40-16-14-39(15-17-40)13-12-23-6-9-26(10-7-23)37-33-36-22-25-20-29(24-8-11-30(34)31(35)21-24)27-4-2-3-5-28(27)32(25)38-33;/h2-11,21-22,29H,12-20H2,1H3,(H,36,37,38);1H/t29-;/m0./s1. The Morgan fingerprint density at radius 1 is 0.905 bits per heavy atom.